The van der Waals surface area contributed by atoms with E-state index in [-0.39, 0.29) is 47.4 Å². The first kappa shape index (κ1) is 29.0. The molecule has 0 unspecified atom stereocenters. The fourth-order valence-corrected chi connectivity index (χ4v) is 3.33. The third kappa shape index (κ3) is 6.39. The third-order valence-electron chi connectivity index (χ3n) is 4.66. The van der Waals surface area contributed by atoms with Crippen LogP contribution in [0.4, 0.5) is 0 Å². The quantitative estimate of drug-likeness (QED) is 0.416. The van der Waals surface area contributed by atoms with Crippen LogP contribution >= 0.6 is 0 Å². The molecule has 0 bridgehead atoms. The van der Waals surface area contributed by atoms with E-state index < -0.39 is 0 Å². The summed E-state index contributed by atoms with van der Waals surface area (Å²) in [6.45, 7) is 16.7. The zero-order valence-corrected chi connectivity index (χ0v) is 21.0. The molecular formula is C25H38O2Ti. The summed E-state index contributed by atoms with van der Waals surface area (Å²) in [7, 11) is 0. The second-order valence-electron chi connectivity index (χ2n) is 9.32. The van der Waals surface area contributed by atoms with Gasteiger partial charge in [0, 0.05) is 6.42 Å². The van der Waals surface area contributed by atoms with Crippen molar-refractivity contribution in [2.45, 2.75) is 72.6 Å². The van der Waals surface area contributed by atoms with E-state index in [2.05, 4.69) is 67.5 Å². The molecule has 0 aromatic heterocycles. The van der Waals surface area contributed by atoms with Crippen LogP contribution in [0.5, 0.6) is 11.5 Å². The molecule has 0 spiro atoms. The average molecular weight is 418 g/mol. The summed E-state index contributed by atoms with van der Waals surface area (Å²) in [5.41, 5.74) is 5.63. The molecule has 0 aliphatic heterocycles. The molecule has 2 N–H and O–H groups in total. The van der Waals surface area contributed by atoms with Gasteiger partial charge in [-0.2, -0.15) is 0 Å². The Morgan fingerprint density at radius 2 is 0.929 bits per heavy atom. The number of rotatable bonds is 2. The Morgan fingerprint density at radius 3 is 1.18 bits per heavy atom. The van der Waals surface area contributed by atoms with Gasteiger partial charge < -0.3 is 25.1 Å². The molecule has 0 saturated heterocycles. The molecule has 0 radical (unpaired) electrons. The van der Waals surface area contributed by atoms with Crippen LogP contribution in [0, 0.1) is 28.7 Å². The fraction of sp³-hybridized carbons (Fsp3) is 0.440. The number of aryl methyl sites for hydroxylation is 2. The van der Waals surface area contributed by atoms with Crippen LogP contribution in [0.25, 0.3) is 0 Å². The van der Waals surface area contributed by atoms with Crippen LogP contribution in [0.15, 0.2) is 24.3 Å². The predicted molar refractivity (Wildman–Crippen MR) is 119 cm³/mol. The van der Waals surface area contributed by atoms with E-state index in [1.54, 1.807) is 0 Å². The predicted octanol–water partition coefficient (Wildman–Crippen LogP) is 6.80. The Hall–Kier alpha value is -1.25. The van der Waals surface area contributed by atoms with Crippen LogP contribution in [0.1, 0.15) is 74.9 Å². The number of benzene rings is 2. The number of aromatic hydroxyl groups is 2. The van der Waals surface area contributed by atoms with Crippen molar-refractivity contribution in [3.8, 4) is 11.5 Å². The monoisotopic (exact) mass is 418 g/mol. The van der Waals surface area contributed by atoms with Crippen molar-refractivity contribution in [1.82, 2.24) is 0 Å². The van der Waals surface area contributed by atoms with E-state index in [0.717, 1.165) is 33.4 Å². The number of hydrogen-bond acceptors (Lipinski definition) is 2. The number of phenols is 2. The molecule has 154 valence electrons. The first-order valence-corrected chi connectivity index (χ1v) is 8.96. The maximum atomic E-state index is 10.8. The van der Waals surface area contributed by atoms with Crippen LogP contribution in [-0.4, -0.2) is 10.2 Å². The largest absolute Gasteiger partial charge is 2.00 e. The number of phenolic OH excluding ortho intramolecular Hbond substituents is 2. The minimum absolute atomic E-state index is 0. The Labute approximate surface area is 188 Å². The van der Waals surface area contributed by atoms with Crippen molar-refractivity contribution in [2.75, 3.05) is 0 Å². The molecule has 2 rings (SSSR count). The van der Waals surface area contributed by atoms with Gasteiger partial charge in [0.05, 0.1) is 0 Å². The van der Waals surface area contributed by atoms with Crippen LogP contribution in [-0.2, 0) is 39.0 Å². The Morgan fingerprint density at radius 1 is 0.643 bits per heavy atom. The van der Waals surface area contributed by atoms with Gasteiger partial charge in [-0.15, -0.1) is 0 Å². The van der Waals surface area contributed by atoms with E-state index in [1.165, 1.54) is 0 Å². The molecule has 0 atom stereocenters. The SMILES string of the molecule is Cc1cc(Cc2cc(C)cc(C(C)(C)C)c2O)c(O)c(C(C)(C)C)c1.[CH3-].[CH3-].[Ti+2]. The van der Waals surface area contributed by atoms with Gasteiger partial charge in [0.25, 0.3) is 0 Å². The Kier molecular flexibility index (Phi) is 10.3. The van der Waals surface area contributed by atoms with E-state index in [4.69, 9.17) is 0 Å². The maximum absolute atomic E-state index is 10.8. The van der Waals surface area contributed by atoms with Gasteiger partial charge >= 0.3 is 21.7 Å². The second kappa shape index (κ2) is 9.99. The van der Waals surface area contributed by atoms with Crippen molar-refractivity contribution in [2.24, 2.45) is 0 Å². The average Bonchev–Trinajstić information content (AvgIpc) is 2.43. The molecule has 0 aliphatic carbocycles. The molecule has 2 aromatic carbocycles. The van der Waals surface area contributed by atoms with E-state index in [1.807, 2.05) is 12.1 Å². The smallest absolute Gasteiger partial charge is 0.507 e. The molecule has 0 saturated carbocycles. The Bertz CT molecular complexity index is 726. The van der Waals surface area contributed by atoms with Gasteiger partial charge in [0.15, 0.2) is 0 Å². The third-order valence-corrected chi connectivity index (χ3v) is 4.66. The summed E-state index contributed by atoms with van der Waals surface area (Å²) in [5.74, 6) is 0.688. The normalized spacial score (nSPS) is 11.1. The Balaban J connectivity index is 0. The molecule has 0 heterocycles. The fourth-order valence-electron chi connectivity index (χ4n) is 3.33. The van der Waals surface area contributed by atoms with Gasteiger partial charge in [0.1, 0.15) is 11.5 Å². The molecule has 2 aromatic rings. The summed E-state index contributed by atoms with van der Waals surface area (Å²) < 4.78 is 0. The summed E-state index contributed by atoms with van der Waals surface area (Å²) in [5, 5.41) is 21.6. The molecule has 0 amide bonds. The standard InChI is InChI=1S/C23H32O2.2CH3.Ti/c1-14-9-16(20(24)18(11-14)22(3,4)5)13-17-10-15(2)12-19(21(17)25)23(6,7)8;;;/h9-12,24-25H,13H2,1-8H3;2*1H3;/q;2*-1;+2. The minimum atomic E-state index is -0.129. The zero-order chi connectivity index (χ0) is 19.2. The topological polar surface area (TPSA) is 40.5 Å². The van der Waals surface area contributed by atoms with Gasteiger partial charge in [-0.3, -0.25) is 0 Å². The molecule has 0 aliphatic rings. The zero-order valence-electron chi connectivity index (χ0n) is 19.4. The molecular weight excluding hydrogens is 380 g/mol. The van der Waals surface area contributed by atoms with Crippen molar-refractivity contribution in [3.63, 3.8) is 0 Å². The van der Waals surface area contributed by atoms with Gasteiger partial charge in [-0.25, -0.2) is 0 Å². The molecule has 28 heavy (non-hydrogen) atoms. The summed E-state index contributed by atoms with van der Waals surface area (Å²) in [4.78, 5) is 0. The summed E-state index contributed by atoms with van der Waals surface area (Å²) in [6.07, 6.45) is 0.521. The first-order valence-electron chi connectivity index (χ1n) is 8.96. The maximum Gasteiger partial charge on any atom is 2.00 e. The molecule has 0 fully saturated rings. The van der Waals surface area contributed by atoms with Crippen LogP contribution in [0.2, 0.25) is 0 Å². The van der Waals surface area contributed by atoms with Crippen LogP contribution in [0.3, 0.4) is 0 Å². The van der Waals surface area contributed by atoms with E-state index in [9.17, 15) is 10.2 Å². The van der Waals surface area contributed by atoms with Crippen molar-refractivity contribution < 1.29 is 31.9 Å². The van der Waals surface area contributed by atoms with E-state index in [0.29, 0.717) is 17.9 Å². The molecule has 3 heteroatoms. The van der Waals surface area contributed by atoms with Crippen LogP contribution < -0.4 is 0 Å². The molecule has 2 nitrogen and oxygen atoms in total. The first-order chi connectivity index (χ1) is 11.3. The van der Waals surface area contributed by atoms with Crippen molar-refractivity contribution in [3.05, 3.63) is 72.5 Å². The van der Waals surface area contributed by atoms with Crippen molar-refractivity contribution in [1.29, 1.82) is 0 Å². The van der Waals surface area contributed by atoms with Gasteiger partial charge in [-0.1, -0.05) is 76.9 Å². The number of hydrogen-bond donors (Lipinski definition) is 2. The van der Waals surface area contributed by atoms with Crippen molar-refractivity contribution >= 4 is 0 Å². The second-order valence-corrected chi connectivity index (χ2v) is 9.32. The van der Waals surface area contributed by atoms with E-state index >= 15 is 0 Å². The minimum Gasteiger partial charge on any atom is -0.507 e. The summed E-state index contributed by atoms with van der Waals surface area (Å²) >= 11 is 0. The summed E-state index contributed by atoms with van der Waals surface area (Å²) in [6, 6.07) is 8.14. The van der Waals surface area contributed by atoms with Gasteiger partial charge in [-0.05, 0) is 46.9 Å². The van der Waals surface area contributed by atoms with Gasteiger partial charge in [0.2, 0.25) is 0 Å².